The van der Waals surface area contributed by atoms with E-state index >= 15 is 0 Å². The normalized spacial score (nSPS) is 20.5. The van der Waals surface area contributed by atoms with E-state index in [2.05, 4.69) is 71.6 Å². The lowest BCUT2D eigenvalue weighted by Gasteiger charge is -2.38. The SMILES string of the molecule is CCNC(=NCc1ncc(C)s1)NC1CCN(Cc2ccccc2)C(C)C1.I. The van der Waals surface area contributed by atoms with Crippen LogP contribution in [-0.4, -0.2) is 41.0 Å². The molecule has 0 bridgehead atoms. The Morgan fingerprint density at radius 2 is 2.11 bits per heavy atom. The van der Waals surface area contributed by atoms with Crippen LogP contribution in [-0.2, 0) is 13.1 Å². The van der Waals surface area contributed by atoms with E-state index in [-0.39, 0.29) is 24.0 Å². The molecule has 2 atom stereocenters. The minimum atomic E-state index is 0. The Balaban J connectivity index is 0.00000280. The molecule has 0 aliphatic carbocycles. The van der Waals surface area contributed by atoms with Gasteiger partial charge in [-0.3, -0.25) is 4.90 Å². The third-order valence-electron chi connectivity index (χ3n) is 4.97. The molecule has 0 amide bonds. The van der Waals surface area contributed by atoms with Gasteiger partial charge >= 0.3 is 0 Å². The smallest absolute Gasteiger partial charge is 0.191 e. The zero-order valence-corrected chi connectivity index (χ0v) is 20.2. The minimum Gasteiger partial charge on any atom is -0.357 e. The average molecular weight is 513 g/mol. The number of benzene rings is 1. The fraction of sp³-hybridized carbons (Fsp3) is 0.524. The average Bonchev–Trinajstić information content (AvgIpc) is 3.08. The summed E-state index contributed by atoms with van der Waals surface area (Å²) in [6.07, 6.45) is 4.19. The molecule has 1 aromatic carbocycles. The van der Waals surface area contributed by atoms with E-state index in [1.54, 1.807) is 11.3 Å². The maximum absolute atomic E-state index is 4.73. The Kier molecular flexibility index (Phi) is 9.67. The third-order valence-corrected chi connectivity index (χ3v) is 5.87. The minimum absolute atomic E-state index is 0. The number of hydrogen-bond donors (Lipinski definition) is 2. The highest BCUT2D eigenvalue weighted by atomic mass is 127. The largest absolute Gasteiger partial charge is 0.357 e. The second-order valence-corrected chi connectivity index (χ2v) is 8.55. The standard InChI is InChI=1S/C21H31N5S.HI/c1-4-22-21(24-14-20-23-13-17(3)27-20)25-19-10-11-26(16(2)12-19)15-18-8-6-5-7-9-18;/h5-9,13,16,19H,4,10-12,14-15H2,1-3H3,(H2,22,24,25);1H. The highest BCUT2D eigenvalue weighted by molar-refractivity contribution is 14.0. The van der Waals surface area contributed by atoms with Crippen LogP contribution in [0.5, 0.6) is 0 Å². The molecule has 28 heavy (non-hydrogen) atoms. The number of nitrogens with zero attached hydrogens (tertiary/aromatic N) is 3. The number of aryl methyl sites for hydroxylation is 1. The molecule has 0 saturated carbocycles. The Labute approximate surface area is 190 Å². The molecule has 1 fully saturated rings. The number of aromatic nitrogens is 1. The van der Waals surface area contributed by atoms with Crippen molar-refractivity contribution in [3.05, 3.63) is 52.0 Å². The van der Waals surface area contributed by atoms with Gasteiger partial charge in [0.25, 0.3) is 0 Å². The molecule has 3 rings (SSSR count). The van der Waals surface area contributed by atoms with Gasteiger partial charge in [-0.2, -0.15) is 0 Å². The number of halogens is 1. The van der Waals surface area contributed by atoms with Gasteiger partial charge in [-0.1, -0.05) is 30.3 Å². The molecule has 1 aliphatic rings. The summed E-state index contributed by atoms with van der Waals surface area (Å²) in [4.78, 5) is 13.0. The first kappa shape index (κ1) is 23.1. The van der Waals surface area contributed by atoms with Crippen molar-refractivity contribution in [3.8, 4) is 0 Å². The van der Waals surface area contributed by atoms with Crippen molar-refractivity contribution >= 4 is 41.3 Å². The highest BCUT2D eigenvalue weighted by Gasteiger charge is 2.25. The Bertz CT molecular complexity index is 733. The number of rotatable bonds is 6. The zero-order valence-electron chi connectivity index (χ0n) is 17.0. The van der Waals surface area contributed by atoms with Crippen molar-refractivity contribution in [2.45, 2.75) is 58.8 Å². The van der Waals surface area contributed by atoms with Crippen molar-refractivity contribution in [1.29, 1.82) is 0 Å². The van der Waals surface area contributed by atoms with Crippen LogP contribution in [0.15, 0.2) is 41.5 Å². The van der Waals surface area contributed by atoms with Crippen LogP contribution < -0.4 is 10.6 Å². The van der Waals surface area contributed by atoms with Crippen LogP contribution >= 0.6 is 35.3 Å². The van der Waals surface area contributed by atoms with Crippen LogP contribution in [0, 0.1) is 6.92 Å². The predicted octanol–water partition coefficient (Wildman–Crippen LogP) is 4.18. The second kappa shape index (κ2) is 11.7. The summed E-state index contributed by atoms with van der Waals surface area (Å²) in [5.41, 5.74) is 1.39. The molecule has 5 nitrogen and oxygen atoms in total. The second-order valence-electron chi connectivity index (χ2n) is 7.23. The van der Waals surface area contributed by atoms with Gasteiger partial charge in [0.15, 0.2) is 5.96 Å². The highest BCUT2D eigenvalue weighted by Crippen LogP contribution is 2.20. The van der Waals surface area contributed by atoms with E-state index in [1.807, 2.05) is 6.20 Å². The fourth-order valence-electron chi connectivity index (χ4n) is 3.54. The van der Waals surface area contributed by atoms with Gasteiger partial charge in [-0.05, 0) is 39.2 Å². The van der Waals surface area contributed by atoms with Crippen LogP contribution in [0.4, 0.5) is 0 Å². The molecule has 2 heterocycles. The van der Waals surface area contributed by atoms with Gasteiger partial charge in [0, 0.05) is 42.8 Å². The topological polar surface area (TPSA) is 52.6 Å². The van der Waals surface area contributed by atoms with Gasteiger partial charge in [0.1, 0.15) is 5.01 Å². The Morgan fingerprint density at radius 3 is 2.75 bits per heavy atom. The predicted molar refractivity (Wildman–Crippen MR) is 130 cm³/mol. The number of likely N-dealkylation sites (tertiary alicyclic amines) is 1. The lowest BCUT2D eigenvalue weighted by Crippen LogP contribution is -2.51. The maximum Gasteiger partial charge on any atom is 0.191 e. The summed E-state index contributed by atoms with van der Waals surface area (Å²) < 4.78 is 0. The van der Waals surface area contributed by atoms with Gasteiger partial charge in [0.2, 0.25) is 0 Å². The number of piperidine rings is 1. The maximum atomic E-state index is 4.73. The van der Waals surface area contributed by atoms with E-state index in [9.17, 15) is 0 Å². The number of aliphatic imine (C=N–C) groups is 1. The van der Waals surface area contributed by atoms with Crippen molar-refractivity contribution in [3.63, 3.8) is 0 Å². The van der Waals surface area contributed by atoms with Crippen molar-refractivity contribution < 1.29 is 0 Å². The van der Waals surface area contributed by atoms with Crippen LogP contribution in [0.3, 0.4) is 0 Å². The number of nitrogens with one attached hydrogen (secondary N) is 2. The molecule has 154 valence electrons. The number of hydrogen-bond acceptors (Lipinski definition) is 4. The first-order valence-corrected chi connectivity index (χ1v) is 10.7. The van der Waals surface area contributed by atoms with Gasteiger partial charge in [-0.25, -0.2) is 9.98 Å². The van der Waals surface area contributed by atoms with Gasteiger partial charge in [-0.15, -0.1) is 35.3 Å². The molecule has 2 unspecified atom stereocenters. The van der Waals surface area contributed by atoms with E-state index in [0.717, 1.165) is 43.4 Å². The first-order chi connectivity index (χ1) is 13.1. The molecule has 0 radical (unpaired) electrons. The quantitative estimate of drug-likeness (QED) is 0.346. The monoisotopic (exact) mass is 513 g/mol. The Hall–Kier alpha value is -1.19. The molecule has 0 spiro atoms. The summed E-state index contributed by atoms with van der Waals surface area (Å²) in [6, 6.07) is 11.8. The van der Waals surface area contributed by atoms with Crippen LogP contribution in [0.25, 0.3) is 0 Å². The van der Waals surface area contributed by atoms with Crippen molar-refractivity contribution in [2.75, 3.05) is 13.1 Å². The first-order valence-electron chi connectivity index (χ1n) is 9.88. The molecule has 7 heteroatoms. The molecule has 1 aromatic heterocycles. The number of thiazole rings is 1. The van der Waals surface area contributed by atoms with Crippen LogP contribution in [0.2, 0.25) is 0 Å². The molecular weight excluding hydrogens is 481 g/mol. The fourth-order valence-corrected chi connectivity index (χ4v) is 4.25. The lowest BCUT2D eigenvalue weighted by atomic mass is 9.97. The van der Waals surface area contributed by atoms with Gasteiger partial charge in [0.05, 0.1) is 6.54 Å². The summed E-state index contributed by atoms with van der Waals surface area (Å²) in [5, 5.41) is 8.08. The molecule has 1 saturated heterocycles. The molecular formula is C21H32IN5S. The summed E-state index contributed by atoms with van der Waals surface area (Å²) in [5.74, 6) is 0.902. The van der Waals surface area contributed by atoms with Gasteiger partial charge < -0.3 is 10.6 Å². The zero-order chi connectivity index (χ0) is 19.1. The van der Waals surface area contributed by atoms with E-state index < -0.39 is 0 Å². The lowest BCUT2D eigenvalue weighted by molar-refractivity contribution is 0.134. The summed E-state index contributed by atoms with van der Waals surface area (Å²) in [6.45, 7) is 10.2. The summed E-state index contributed by atoms with van der Waals surface area (Å²) in [7, 11) is 0. The molecule has 2 aromatic rings. The van der Waals surface area contributed by atoms with E-state index in [4.69, 9.17) is 4.99 Å². The molecule has 2 N–H and O–H groups in total. The van der Waals surface area contributed by atoms with E-state index in [0.29, 0.717) is 18.6 Å². The Morgan fingerprint density at radius 1 is 1.32 bits per heavy atom. The number of guanidine groups is 1. The van der Waals surface area contributed by atoms with Crippen molar-refractivity contribution in [2.24, 2.45) is 4.99 Å². The molecule has 1 aliphatic heterocycles. The van der Waals surface area contributed by atoms with E-state index in [1.165, 1.54) is 10.4 Å². The summed E-state index contributed by atoms with van der Waals surface area (Å²) >= 11 is 1.72. The third kappa shape index (κ3) is 7.00. The van der Waals surface area contributed by atoms with Crippen molar-refractivity contribution in [1.82, 2.24) is 20.5 Å². The van der Waals surface area contributed by atoms with Crippen LogP contribution in [0.1, 0.15) is 42.1 Å².